The van der Waals surface area contributed by atoms with Crippen molar-refractivity contribution in [3.8, 4) is 0 Å². The number of hydrogen-bond donors (Lipinski definition) is 1. The van der Waals surface area contributed by atoms with Gasteiger partial charge in [-0.05, 0) is 30.9 Å². The molecule has 1 aromatic rings. The zero-order valence-corrected chi connectivity index (χ0v) is 11.0. The normalized spacial score (nSPS) is 23.4. The smallest absolute Gasteiger partial charge is 0.179 e. The molecule has 1 aliphatic rings. The number of nitrogens with zero attached hydrogens (tertiary/aromatic N) is 1. The van der Waals surface area contributed by atoms with Gasteiger partial charge in [-0.1, -0.05) is 13.3 Å². The third kappa shape index (κ3) is 2.97. The molecule has 1 aromatic heterocycles. The fraction of sp³-hybridized carbons (Fsp3) is 0.583. The van der Waals surface area contributed by atoms with Gasteiger partial charge < -0.3 is 5.32 Å². The molecule has 1 fully saturated rings. The second-order valence-electron chi connectivity index (χ2n) is 4.66. The molecule has 0 amide bonds. The van der Waals surface area contributed by atoms with Crippen molar-refractivity contribution in [3.05, 3.63) is 18.3 Å². The molecule has 1 aliphatic carbocycles. The van der Waals surface area contributed by atoms with Crippen molar-refractivity contribution in [2.24, 2.45) is 5.92 Å². The number of pyridine rings is 1. The van der Waals surface area contributed by atoms with E-state index in [1.54, 1.807) is 18.3 Å². The molecule has 5 heteroatoms. The average Bonchev–Trinajstić information content (AvgIpc) is 2.96. The Kier molecular flexibility index (Phi) is 3.38. The molecule has 0 radical (unpaired) electrons. The van der Waals surface area contributed by atoms with E-state index in [1.807, 2.05) is 0 Å². The molecule has 2 rings (SSSR count). The average molecular weight is 254 g/mol. The molecule has 1 heterocycles. The topological polar surface area (TPSA) is 59.1 Å². The largest absolute Gasteiger partial charge is 0.366 e. The number of nitrogens with one attached hydrogen (secondary N) is 1. The van der Waals surface area contributed by atoms with Crippen LogP contribution in [0.3, 0.4) is 0 Å². The minimum Gasteiger partial charge on any atom is -0.366 e. The van der Waals surface area contributed by atoms with E-state index < -0.39 is 9.84 Å². The van der Waals surface area contributed by atoms with Gasteiger partial charge in [0, 0.05) is 18.5 Å². The first-order chi connectivity index (χ1) is 8.02. The van der Waals surface area contributed by atoms with Crippen LogP contribution in [0.25, 0.3) is 0 Å². The van der Waals surface area contributed by atoms with E-state index in [2.05, 4.69) is 17.2 Å². The Balaban J connectivity index is 2.12. The fourth-order valence-electron chi connectivity index (χ4n) is 2.09. The van der Waals surface area contributed by atoms with Gasteiger partial charge in [-0.15, -0.1) is 0 Å². The van der Waals surface area contributed by atoms with Crippen LogP contribution in [0.5, 0.6) is 0 Å². The minimum atomic E-state index is -3.21. The van der Waals surface area contributed by atoms with Crippen molar-refractivity contribution >= 4 is 15.7 Å². The molecule has 2 atom stereocenters. The standard InChI is InChI=1S/C12H18N2O2S/c1-3-5-9-8-10(9)14-12-11(17(2,15)16)6-4-7-13-12/h4,6-7,9-10H,3,5,8H2,1-2H3,(H,13,14). The molecule has 2 unspecified atom stereocenters. The van der Waals surface area contributed by atoms with E-state index in [-0.39, 0.29) is 0 Å². The molecule has 94 valence electrons. The highest BCUT2D eigenvalue weighted by atomic mass is 32.2. The van der Waals surface area contributed by atoms with Gasteiger partial charge in [0.05, 0.1) is 0 Å². The van der Waals surface area contributed by atoms with Crippen LogP contribution in [-0.4, -0.2) is 25.7 Å². The third-order valence-electron chi connectivity index (χ3n) is 3.07. The van der Waals surface area contributed by atoms with Crippen LogP contribution in [0.15, 0.2) is 23.2 Å². The highest BCUT2D eigenvalue weighted by Gasteiger charge is 2.36. The molecule has 0 saturated heterocycles. The van der Waals surface area contributed by atoms with E-state index in [4.69, 9.17) is 0 Å². The van der Waals surface area contributed by atoms with Crippen LogP contribution in [0.4, 0.5) is 5.82 Å². The Morgan fingerprint density at radius 3 is 2.94 bits per heavy atom. The van der Waals surface area contributed by atoms with Gasteiger partial charge in [-0.3, -0.25) is 0 Å². The maximum Gasteiger partial charge on any atom is 0.179 e. The summed E-state index contributed by atoms with van der Waals surface area (Å²) in [6.07, 6.45) is 6.32. The van der Waals surface area contributed by atoms with Crippen LogP contribution in [-0.2, 0) is 9.84 Å². The highest BCUT2D eigenvalue weighted by Crippen LogP contribution is 2.37. The van der Waals surface area contributed by atoms with Gasteiger partial charge in [0.2, 0.25) is 0 Å². The van der Waals surface area contributed by atoms with Crippen LogP contribution >= 0.6 is 0 Å². The van der Waals surface area contributed by atoms with Crippen molar-refractivity contribution in [2.75, 3.05) is 11.6 Å². The quantitative estimate of drug-likeness (QED) is 0.874. The second kappa shape index (κ2) is 4.64. The minimum absolute atomic E-state index is 0.294. The molecule has 0 spiro atoms. The first-order valence-electron chi connectivity index (χ1n) is 5.94. The predicted molar refractivity (Wildman–Crippen MR) is 67.8 cm³/mol. The van der Waals surface area contributed by atoms with Crippen molar-refractivity contribution in [3.63, 3.8) is 0 Å². The van der Waals surface area contributed by atoms with Crippen LogP contribution < -0.4 is 5.32 Å². The van der Waals surface area contributed by atoms with E-state index in [0.717, 1.165) is 6.42 Å². The van der Waals surface area contributed by atoms with E-state index in [0.29, 0.717) is 22.7 Å². The summed E-state index contributed by atoms with van der Waals surface area (Å²) >= 11 is 0. The number of rotatable bonds is 5. The number of aromatic nitrogens is 1. The maximum atomic E-state index is 11.6. The Labute approximate surface area is 102 Å². The summed E-state index contributed by atoms with van der Waals surface area (Å²) < 4.78 is 23.2. The highest BCUT2D eigenvalue weighted by molar-refractivity contribution is 7.90. The molecule has 0 bridgehead atoms. The summed E-state index contributed by atoms with van der Waals surface area (Å²) in [5, 5.41) is 3.24. The molecular weight excluding hydrogens is 236 g/mol. The fourth-order valence-corrected chi connectivity index (χ4v) is 2.88. The molecule has 0 aromatic carbocycles. The summed E-state index contributed by atoms with van der Waals surface area (Å²) in [7, 11) is -3.21. The van der Waals surface area contributed by atoms with Gasteiger partial charge >= 0.3 is 0 Å². The predicted octanol–water partition coefficient (Wildman–Crippen LogP) is 2.09. The molecule has 0 aliphatic heterocycles. The van der Waals surface area contributed by atoms with Gasteiger partial charge in [0.1, 0.15) is 10.7 Å². The van der Waals surface area contributed by atoms with Gasteiger partial charge in [-0.2, -0.15) is 0 Å². The first-order valence-corrected chi connectivity index (χ1v) is 7.83. The van der Waals surface area contributed by atoms with Crippen molar-refractivity contribution in [2.45, 2.75) is 37.1 Å². The Bertz CT molecular complexity index is 499. The van der Waals surface area contributed by atoms with Crippen molar-refractivity contribution in [1.29, 1.82) is 0 Å². The summed E-state index contributed by atoms with van der Waals surface area (Å²) in [6.45, 7) is 2.16. The lowest BCUT2D eigenvalue weighted by molar-refractivity contribution is 0.601. The Morgan fingerprint density at radius 2 is 2.29 bits per heavy atom. The zero-order valence-electron chi connectivity index (χ0n) is 10.2. The number of sulfone groups is 1. The Hall–Kier alpha value is -1.10. The maximum absolute atomic E-state index is 11.6. The van der Waals surface area contributed by atoms with Crippen molar-refractivity contribution in [1.82, 2.24) is 4.98 Å². The van der Waals surface area contributed by atoms with Gasteiger partial charge in [0.15, 0.2) is 9.84 Å². The van der Waals surface area contributed by atoms with E-state index in [1.165, 1.54) is 19.1 Å². The first kappa shape index (κ1) is 12.4. The summed E-state index contributed by atoms with van der Waals surface area (Å²) in [6, 6.07) is 3.64. The molecule has 17 heavy (non-hydrogen) atoms. The lowest BCUT2D eigenvalue weighted by Gasteiger charge is -2.08. The summed E-state index contributed by atoms with van der Waals surface area (Å²) in [4.78, 5) is 4.42. The van der Waals surface area contributed by atoms with Gasteiger partial charge in [-0.25, -0.2) is 13.4 Å². The second-order valence-corrected chi connectivity index (χ2v) is 6.64. The lowest BCUT2D eigenvalue weighted by Crippen LogP contribution is -2.11. The van der Waals surface area contributed by atoms with E-state index >= 15 is 0 Å². The number of anilines is 1. The molecule has 4 nitrogen and oxygen atoms in total. The SMILES string of the molecule is CCCC1CC1Nc1ncccc1S(C)(=O)=O. The van der Waals surface area contributed by atoms with Crippen LogP contribution in [0, 0.1) is 5.92 Å². The van der Waals surface area contributed by atoms with Crippen molar-refractivity contribution < 1.29 is 8.42 Å². The molecule has 1 N–H and O–H groups in total. The van der Waals surface area contributed by atoms with E-state index in [9.17, 15) is 8.42 Å². The lowest BCUT2D eigenvalue weighted by atomic mass is 10.2. The van der Waals surface area contributed by atoms with Crippen LogP contribution in [0.1, 0.15) is 26.2 Å². The zero-order chi connectivity index (χ0) is 12.5. The number of hydrogen-bond acceptors (Lipinski definition) is 4. The van der Waals surface area contributed by atoms with Gasteiger partial charge in [0.25, 0.3) is 0 Å². The van der Waals surface area contributed by atoms with Crippen LogP contribution in [0.2, 0.25) is 0 Å². The molecule has 1 saturated carbocycles. The third-order valence-corrected chi connectivity index (χ3v) is 4.20. The summed E-state index contributed by atoms with van der Waals surface area (Å²) in [5.74, 6) is 1.17. The Morgan fingerprint density at radius 1 is 1.53 bits per heavy atom. The monoisotopic (exact) mass is 254 g/mol. The summed E-state index contributed by atoms with van der Waals surface area (Å²) in [5.41, 5.74) is 0. The molecular formula is C12H18N2O2S.